The molecule has 0 saturated heterocycles. The van der Waals surface area contributed by atoms with Crippen LogP contribution >= 0.6 is 0 Å². The summed E-state index contributed by atoms with van der Waals surface area (Å²) in [6.45, 7) is 0. The summed E-state index contributed by atoms with van der Waals surface area (Å²) in [6.07, 6.45) is 14.7. The second-order valence-electron chi connectivity index (χ2n) is 7.29. The van der Waals surface area contributed by atoms with Crippen LogP contribution in [0.3, 0.4) is 0 Å². The van der Waals surface area contributed by atoms with Crippen molar-refractivity contribution < 1.29 is 5.11 Å². The van der Waals surface area contributed by atoms with Gasteiger partial charge in [0.2, 0.25) is 0 Å². The molecule has 0 spiro atoms. The van der Waals surface area contributed by atoms with Gasteiger partial charge in [-0.1, -0.05) is 24.5 Å². The van der Waals surface area contributed by atoms with Crippen LogP contribution in [0, 0.1) is 29.6 Å². The van der Waals surface area contributed by atoms with Gasteiger partial charge in [-0.3, -0.25) is 0 Å². The lowest BCUT2D eigenvalue weighted by Crippen LogP contribution is -2.41. The molecule has 3 saturated carbocycles. The molecule has 0 bridgehead atoms. The minimum Gasteiger partial charge on any atom is -0.389 e. The van der Waals surface area contributed by atoms with Crippen molar-refractivity contribution in [1.29, 1.82) is 0 Å². The molecule has 6 atom stereocenters. The van der Waals surface area contributed by atoms with Crippen LogP contribution in [0.1, 0.15) is 57.8 Å². The first-order valence-corrected chi connectivity index (χ1v) is 8.21. The van der Waals surface area contributed by atoms with Crippen molar-refractivity contribution in [1.82, 2.24) is 0 Å². The monoisotopic (exact) mass is 246 g/mol. The van der Waals surface area contributed by atoms with Gasteiger partial charge < -0.3 is 5.11 Å². The van der Waals surface area contributed by atoms with Crippen molar-refractivity contribution in [3.8, 4) is 0 Å². The number of hydrogen-bond donors (Lipinski definition) is 1. The first-order chi connectivity index (χ1) is 8.83. The Kier molecular flexibility index (Phi) is 2.80. The van der Waals surface area contributed by atoms with Gasteiger partial charge in [-0.15, -0.1) is 0 Å². The molecule has 4 aliphatic rings. The average Bonchev–Trinajstić information content (AvgIpc) is 2.86. The molecular weight excluding hydrogens is 220 g/mol. The smallest absolute Gasteiger partial charge is 0.0723 e. The number of hydrogen-bond acceptors (Lipinski definition) is 1. The first kappa shape index (κ1) is 11.5. The molecule has 6 unspecified atom stereocenters. The highest BCUT2D eigenvalue weighted by atomic mass is 16.3. The topological polar surface area (TPSA) is 20.2 Å². The maximum Gasteiger partial charge on any atom is 0.0723 e. The van der Waals surface area contributed by atoms with E-state index in [2.05, 4.69) is 6.08 Å². The number of allylic oxidation sites excluding steroid dienone is 1. The lowest BCUT2D eigenvalue weighted by Gasteiger charge is -2.49. The van der Waals surface area contributed by atoms with E-state index >= 15 is 0 Å². The Morgan fingerprint density at radius 3 is 2.72 bits per heavy atom. The summed E-state index contributed by atoms with van der Waals surface area (Å²) >= 11 is 0. The second kappa shape index (κ2) is 4.37. The number of fused-ring (bicyclic) bond motifs is 5. The van der Waals surface area contributed by atoms with Crippen LogP contribution in [-0.4, -0.2) is 11.2 Å². The molecule has 4 aliphatic carbocycles. The molecule has 3 fully saturated rings. The van der Waals surface area contributed by atoms with E-state index in [0.717, 1.165) is 36.0 Å². The normalized spacial score (nSPS) is 51.1. The highest BCUT2D eigenvalue weighted by molar-refractivity contribution is 5.18. The Bertz CT molecular complexity index is 359. The highest BCUT2D eigenvalue weighted by Crippen LogP contribution is 2.56. The summed E-state index contributed by atoms with van der Waals surface area (Å²) < 4.78 is 0. The Balaban J connectivity index is 1.59. The maximum absolute atomic E-state index is 9.82. The fraction of sp³-hybridized carbons (Fsp3) is 0.882. The standard InChI is InChI=1S/C17H26O/c18-13-6-9-15-12(10-13)5-8-16-14-3-1-2-11(14)4-7-17(15)16/h10-11,13-18H,1-9H2. The molecule has 0 aromatic rings. The zero-order valence-corrected chi connectivity index (χ0v) is 11.4. The van der Waals surface area contributed by atoms with Crippen molar-refractivity contribution >= 4 is 0 Å². The predicted octanol–water partition coefficient (Wildman–Crippen LogP) is 3.92. The summed E-state index contributed by atoms with van der Waals surface area (Å²) in [6, 6.07) is 0. The predicted molar refractivity (Wildman–Crippen MR) is 73.1 cm³/mol. The van der Waals surface area contributed by atoms with Crippen LogP contribution in [0.2, 0.25) is 0 Å². The SMILES string of the molecule is OC1C=C2CCC3C4CCCC4CCC3C2CC1. The molecule has 0 heterocycles. The molecule has 4 rings (SSSR count). The first-order valence-electron chi connectivity index (χ1n) is 8.21. The van der Waals surface area contributed by atoms with Gasteiger partial charge in [-0.2, -0.15) is 0 Å². The molecule has 1 heteroatoms. The van der Waals surface area contributed by atoms with Gasteiger partial charge in [0.1, 0.15) is 0 Å². The zero-order chi connectivity index (χ0) is 12.1. The Labute approximate surface area is 111 Å². The zero-order valence-electron chi connectivity index (χ0n) is 11.4. The Morgan fingerprint density at radius 2 is 1.78 bits per heavy atom. The summed E-state index contributed by atoms with van der Waals surface area (Å²) in [5.41, 5.74) is 1.63. The van der Waals surface area contributed by atoms with Gasteiger partial charge >= 0.3 is 0 Å². The summed E-state index contributed by atoms with van der Waals surface area (Å²) in [7, 11) is 0. The third-order valence-corrected chi connectivity index (χ3v) is 6.63. The van der Waals surface area contributed by atoms with E-state index in [9.17, 15) is 5.11 Å². The molecule has 0 aliphatic heterocycles. The summed E-state index contributed by atoms with van der Waals surface area (Å²) in [5, 5.41) is 9.82. The average molecular weight is 246 g/mol. The van der Waals surface area contributed by atoms with Crippen LogP contribution in [0.15, 0.2) is 11.6 Å². The molecule has 0 aromatic carbocycles. The minimum absolute atomic E-state index is 0.129. The van der Waals surface area contributed by atoms with Gasteiger partial charge in [0.15, 0.2) is 0 Å². The molecule has 0 radical (unpaired) electrons. The quantitative estimate of drug-likeness (QED) is 0.642. The van der Waals surface area contributed by atoms with Crippen LogP contribution in [0.4, 0.5) is 0 Å². The lowest BCUT2D eigenvalue weighted by atomic mass is 9.56. The van der Waals surface area contributed by atoms with E-state index < -0.39 is 0 Å². The fourth-order valence-electron chi connectivity index (χ4n) is 5.93. The Morgan fingerprint density at radius 1 is 0.833 bits per heavy atom. The van der Waals surface area contributed by atoms with E-state index in [-0.39, 0.29) is 6.10 Å². The van der Waals surface area contributed by atoms with E-state index in [4.69, 9.17) is 0 Å². The third kappa shape index (κ3) is 1.70. The third-order valence-electron chi connectivity index (χ3n) is 6.63. The van der Waals surface area contributed by atoms with Crippen molar-refractivity contribution in [2.24, 2.45) is 29.6 Å². The molecule has 1 nitrogen and oxygen atoms in total. The fourth-order valence-corrected chi connectivity index (χ4v) is 5.93. The van der Waals surface area contributed by atoms with Crippen LogP contribution in [0.5, 0.6) is 0 Å². The minimum atomic E-state index is -0.129. The largest absolute Gasteiger partial charge is 0.389 e. The van der Waals surface area contributed by atoms with Gasteiger partial charge in [0.05, 0.1) is 6.10 Å². The molecule has 0 amide bonds. The number of rotatable bonds is 0. The van der Waals surface area contributed by atoms with Gasteiger partial charge in [-0.05, 0) is 74.5 Å². The van der Waals surface area contributed by atoms with Crippen molar-refractivity contribution in [3.63, 3.8) is 0 Å². The van der Waals surface area contributed by atoms with Gasteiger partial charge in [0, 0.05) is 0 Å². The maximum atomic E-state index is 9.82. The van der Waals surface area contributed by atoms with E-state index in [1.165, 1.54) is 51.4 Å². The van der Waals surface area contributed by atoms with Crippen LogP contribution in [0.25, 0.3) is 0 Å². The Hall–Kier alpha value is -0.300. The van der Waals surface area contributed by atoms with Crippen LogP contribution < -0.4 is 0 Å². The number of aliphatic hydroxyl groups is 1. The molecule has 18 heavy (non-hydrogen) atoms. The summed E-state index contributed by atoms with van der Waals surface area (Å²) in [4.78, 5) is 0. The van der Waals surface area contributed by atoms with Crippen molar-refractivity contribution in [3.05, 3.63) is 11.6 Å². The number of aliphatic hydroxyl groups excluding tert-OH is 1. The molecule has 100 valence electrons. The highest BCUT2D eigenvalue weighted by Gasteiger charge is 2.47. The van der Waals surface area contributed by atoms with Crippen molar-refractivity contribution in [2.75, 3.05) is 0 Å². The molecular formula is C17H26O. The van der Waals surface area contributed by atoms with E-state index in [0.29, 0.717) is 0 Å². The van der Waals surface area contributed by atoms with Gasteiger partial charge in [-0.25, -0.2) is 0 Å². The van der Waals surface area contributed by atoms with Crippen molar-refractivity contribution in [2.45, 2.75) is 63.9 Å². The summed E-state index contributed by atoms with van der Waals surface area (Å²) in [5.74, 6) is 5.05. The lowest BCUT2D eigenvalue weighted by molar-refractivity contribution is 0.0410. The molecule has 1 N–H and O–H groups in total. The molecule has 0 aromatic heterocycles. The van der Waals surface area contributed by atoms with E-state index in [1.807, 2.05) is 0 Å². The van der Waals surface area contributed by atoms with Crippen LogP contribution in [-0.2, 0) is 0 Å². The second-order valence-corrected chi connectivity index (χ2v) is 7.29. The van der Waals surface area contributed by atoms with Gasteiger partial charge in [0.25, 0.3) is 0 Å². The van der Waals surface area contributed by atoms with E-state index in [1.54, 1.807) is 5.57 Å².